The first-order valence-electron chi connectivity index (χ1n) is 7.37. The van der Waals surface area contributed by atoms with Crippen molar-refractivity contribution >= 4 is 40.2 Å². The molecule has 0 unspecified atom stereocenters. The molecule has 0 saturated carbocycles. The lowest BCUT2D eigenvalue weighted by Crippen LogP contribution is -2.27. The molecular formula is C16H21IN2O4. The molecule has 6 nitrogen and oxygen atoms in total. The van der Waals surface area contributed by atoms with Crippen molar-refractivity contribution in [2.45, 2.75) is 26.7 Å². The Morgan fingerprint density at radius 1 is 1.22 bits per heavy atom. The molecule has 0 aliphatic carbocycles. The van der Waals surface area contributed by atoms with Crippen LogP contribution in [0.3, 0.4) is 0 Å². The van der Waals surface area contributed by atoms with Gasteiger partial charge in [0.1, 0.15) is 5.70 Å². The molecule has 0 spiro atoms. The first-order valence-corrected chi connectivity index (χ1v) is 8.45. The number of esters is 2. The zero-order valence-electron chi connectivity index (χ0n) is 13.2. The Balaban J connectivity index is 2.64. The molecule has 0 aliphatic rings. The molecule has 0 bridgehead atoms. The minimum atomic E-state index is -0.477. The van der Waals surface area contributed by atoms with Gasteiger partial charge in [-0.3, -0.25) is 10.2 Å². The topological polar surface area (TPSA) is 76.7 Å². The average molecular weight is 432 g/mol. The molecule has 23 heavy (non-hydrogen) atoms. The third-order valence-electron chi connectivity index (χ3n) is 2.66. The van der Waals surface area contributed by atoms with Gasteiger partial charge in [0, 0.05) is 9.99 Å². The summed E-state index contributed by atoms with van der Waals surface area (Å²) >= 11 is 2.20. The zero-order valence-corrected chi connectivity index (χ0v) is 15.4. The minimum Gasteiger partial charge on any atom is -0.466 e. The number of hydrazine groups is 1. The van der Waals surface area contributed by atoms with Gasteiger partial charge in [0.05, 0.1) is 18.9 Å². The van der Waals surface area contributed by atoms with E-state index in [-0.39, 0.29) is 24.7 Å². The van der Waals surface area contributed by atoms with Crippen molar-refractivity contribution < 1.29 is 19.1 Å². The average Bonchev–Trinajstić information content (AvgIpc) is 2.51. The van der Waals surface area contributed by atoms with E-state index in [2.05, 4.69) is 33.4 Å². The number of rotatable bonds is 9. The first kappa shape index (κ1) is 19.3. The van der Waals surface area contributed by atoms with E-state index in [1.54, 1.807) is 19.9 Å². The molecular weight excluding hydrogens is 411 g/mol. The van der Waals surface area contributed by atoms with Gasteiger partial charge < -0.3 is 14.9 Å². The van der Waals surface area contributed by atoms with Crippen molar-refractivity contribution in [3.8, 4) is 0 Å². The molecule has 126 valence electrons. The van der Waals surface area contributed by atoms with Crippen LogP contribution in [0.15, 0.2) is 36.0 Å². The third kappa shape index (κ3) is 7.87. The Morgan fingerprint density at radius 2 is 1.96 bits per heavy atom. The van der Waals surface area contributed by atoms with Crippen LogP contribution in [0.4, 0.5) is 5.69 Å². The number of carbonyl (C=O) groups is 2. The molecule has 7 heteroatoms. The van der Waals surface area contributed by atoms with E-state index >= 15 is 0 Å². The minimum absolute atomic E-state index is 0.210. The maximum atomic E-state index is 11.9. The fraction of sp³-hybridized carbons (Fsp3) is 0.375. The number of hydrogen-bond donors (Lipinski definition) is 2. The molecule has 0 atom stereocenters. The van der Waals surface area contributed by atoms with E-state index in [0.29, 0.717) is 13.0 Å². The van der Waals surface area contributed by atoms with Gasteiger partial charge in [-0.25, -0.2) is 4.79 Å². The number of nitrogens with one attached hydrogen (secondary N) is 2. The highest BCUT2D eigenvalue weighted by molar-refractivity contribution is 14.1. The summed E-state index contributed by atoms with van der Waals surface area (Å²) in [6, 6.07) is 7.67. The van der Waals surface area contributed by atoms with Crippen molar-refractivity contribution in [1.82, 2.24) is 5.43 Å². The zero-order chi connectivity index (χ0) is 17.1. The Hall–Kier alpha value is -1.77. The van der Waals surface area contributed by atoms with Crippen LogP contribution in [0.1, 0.15) is 26.7 Å². The number of anilines is 1. The largest absolute Gasteiger partial charge is 0.466 e. The van der Waals surface area contributed by atoms with Crippen LogP contribution in [-0.2, 0) is 19.1 Å². The summed E-state index contributed by atoms with van der Waals surface area (Å²) in [4.78, 5) is 23.3. The van der Waals surface area contributed by atoms with Crippen LogP contribution < -0.4 is 10.9 Å². The van der Waals surface area contributed by atoms with Gasteiger partial charge in [0.2, 0.25) is 0 Å². The fourth-order valence-corrected chi connectivity index (χ4v) is 2.21. The van der Waals surface area contributed by atoms with E-state index in [9.17, 15) is 9.59 Å². The lowest BCUT2D eigenvalue weighted by atomic mass is 10.2. The normalized spacial score (nSPS) is 10.8. The summed E-state index contributed by atoms with van der Waals surface area (Å²) in [7, 11) is 0. The van der Waals surface area contributed by atoms with Crippen molar-refractivity contribution in [2.75, 3.05) is 18.6 Å². The molecule has 0 aliphatic heterocycles. The monoisotopic (exact) mass is 432 g/mol. The second-order valence-corrected chi connectivity index (χ2v) is 5.69. The predicted octanol–water partition coefficient (Wildman–Crippen LogP) is 3.00. The predicted molar refractivity (Wildman–Crippen MR) is 96.5 cm³/mol. The molecule has 0 radical (unpaired) electrons. The number of halogens is 1. The molecule has 2 N–H and O–H groups in total. The van der Waals surface area contributed by atoms with E-state index in [1.165, 1.54) is 0 Å². The smallest absolute Gasteiger partial charge is 0.355 e. The Morgan fingerprint density at radius 3 is 2.61 bits per heavy atom. The molecule has 1 rings (SSSR count). The summed E-state index contributed by atoms with van der Waals surface area (Å²) in [5, 5.41) is 0. The van der Waals surface area contributed by atoms with Gasteiger partial charge in [0.15, 0.2) is 0 Å². The van der Waals surface area contributed by atoms with E-state index in [0.717, 1.165) is 9.26 Å². The molecule has 0 heterocycles. The highest BCUT2D eigenvalue weighted by atomic mass is 127. The Labute approximate surface area is 149 Å². The van der Waals surface area contributed by atoms with Crippen molar-refractivity contribution in [3.63, 3.8) is 0 Å². The second kappa shape index (κ2) is 10.9. The van der Waals surface area contributed by atoms with E-state index in [4.69, 9.17) is 9.47 Å². The fourth-order valence-electron chi connectivity index (χ4n) is 1.67. The summed E-state index contributed by atoms with van der Waals surface area (Å²) in [5.41, 5.74) is 6.86. The van der Waals surface area contributed by atoms with Gasteiger partial charge in [-0.2, -0.15) is 0 Å². The number of ether oxygens (including phenoxy) is 2. The third-order valence-corrected chi connectivity index (χ3v) is 3.33. The van der Waals surface area contributed by atoms with Crippen LogP contribution in [0.25, 0.3) is 0 Å². The van der Waals surface area contributed by atoms with Crippen molar-refractivity contribution in [2.24, 2.45) is 0 Å². The second-order valence-electron chi connectivity index (χ2n) is 4.44. The van der Waals surface area contributed by atoms with E-state index < -0.39 is 5.97 Å². The molecule has 0 fully saturated rings. The lowest BCUT2D eigenvalue weighted by Gasteiger charge is -2.13. The van der Waals surface area contributed by atoms with Crippen LogP contribution >= 0.6 is 22.6 Å². The molecule has 0 saturated heterocycles. The van der Waals surface area contributed by atoms with Gasteiger partial charge in [-0.15, -0.1) is 0 Å². The van der Waals surface area contributed by atoms with Crippen LogP contribution in [0, 0.1) is 3.57 Å². The van der Waals surface area contributed by atoms with E-state index in [1.807, 2.05) is 24.3 Å². The van der Waals surface area contributed by atoms with Crippen molar-refractivity contribution in [3.05, 3.63) is 39.6 Å². The van der Waals surface area contributed by atoms with Gasteiger partial charge in [-0.1, -0.05) is 12.1 Å². The number of allylic oxidation sites excluding steroid dienone is 1. The van der Waals surface area contributed by atoms with Gasteiger partial charge >= 0.3 is 11.9 Å². The standard InChI is InChI=1S/C16H21IN2O4/c1-3-22-15(20)10-6-9-14(16(21)23-4-2)19-18-13-8-5-7-12(17)11-13/h5,7-9,11,18-19H,3-4,6,10H2,1-2H3/b14-9+. The highest BCUT2D eigenvalue weighted by Gasteiger charge is 2.10. The van der Waals surface area contributed by atoms with Crippen molar-refractivity contribution in [1.29, 1.82) is 0 Å². The summed E-state index contributed by atoms with van der Waals surface area (Å²) in [5.74, 6) is -0.771. The van der Waals surface area contributed by atoms with Gasteiger partial charge in [0.25, 0.3) is 0 Å². The van der Waals surface area contributed by atoms with Crippen LogP contribution in [0.2, 0.25) is 0 Å². The summed E-state index contributed by atoms with van der Waals surface area (Å²) in [6.45, 7) is 4.12. The van der Waals surface area contributed by atoms with Crippen LogP contribution in [0.5, 0.6) is 0 Å². The molecule has 1 aromatic rings. The Kier molecular flexibility index (Phi) is 9.11. The number of benzene rings is 1. The summed E-state index contributed by atoms with van der Waals surface area (Å²) < 4.78 is 10.9. The quantitative estimate of drug-likeness (QED) is 0.271. The van der Waals surface area contributed by atoms with Gasteiger partial charge in [-0.05, 0) is 61.1 Å². The number of hydrogen-bond acceptors (Lipinski definition) is 6. The Bertz CT molecular complexity index is 561. The summed E-state index contributed by atoms with van der Waals surface area (Å²) in [6.07, 6.45) is 2.21. The lowest BCUT2D eigenvalue weighted by molar-refractivity contribution is -0.143. The molecule has 1 aromatic carbocycles. The molecule has 0 amide bonds. The van der Waals surface area contributed by atoms with Crippen LogP contribution in [-0.4, -0.2) is 25.2 Å². The SMILES string of the molecule is CCOC(=O)CC/C=C(/NNc1cccc(I)c1)C(=O)OCC. The maximum absolute atomic E-state index is 11.9. The molecule has 0 aromatic heterocycles. The highest BCUT2D eigenvalue weighted by Crippen LogP contribution is 2.12. The number of carbonyl (C=O) groups excluding carboxylic acids is 2. The first-order chi connectivity index (χ1) is 11.1. The maximum Gasteiger partial charge on any atom is 0.355 e.